The Kier molecular flexibility index (Phi) is 4.77. The molecule has 0 rings (SSSR count). The maximum atomic E-state index is 11.1. The Morgan fingerprint density at radius 1 is 1.40 bits per heavy atom. The number of carboxylic acids is 1. The molecular weight excluding hydrogens is 200 g/mol. The lowest BCUT2D eigenvalue weighted by Crippen LogP contribution is -2.30. The Bertz CT molecular complexity index is 278. The van der Waals surface area contributed by atoms with E-state index in [9.17, 15) is 9.59 Å². The predicted octanol–water partition coefficient (Wildman–Crippen LogP) is 1.36. The Hall–Kier alpha value is -1.59. The lowest BCUT2D eigenvalue weighted by Gasteiger charge is -2.18. The number of hydrogen-bond donors (Lipinski definition) is 2. The van der Waals surface area contributed by atoms with Gasteiger partial charge >= 0.3 is 12.1 Å². The third kappa shape index (κ3) is 8.73. The predicted molar refractivity (Wildman–Crippen MR) is 54.7 cm³/mol. The van der Waals surface area contributed by atoms with Crippen LogP contribution in [-0.2, 0) is 9.53 Å². The highest BCUT2D eigenvalue weighted by atomic mass is 16.6. The average molecular weight is 216 g/mol. The molecule has 15 heavy (non-hydrogen) atoms. The minimum absolute atomic E-state index is 0.213. The van der Waals surface area contributed by atoms with E-state index in [0.717, 1.165) is 0 Å². The van der Waals surface area contributed by atoms with Gasteiger partial charge in [0, 0.05) is 5.71 Å². The molecule has 0 spiro atoms. The summed E-state index contributed by atoms with van der Waals surface area (Å²) in [5.41, 5.74) is 1.81. The lowest BCUT2D eigenvalue weighted by molar-refractivity contribution is -0.135. The van der Waals surface area contributed by atoms with E-state index in [1.54, 1.807) is 20.8 Å². The van der Waals surface area contributed by atoms with Gasteiger partial charge in [0.15, 0.2) is 0 Å². The third-order valence-corrected chi connectivity index (χ3v) is 1.14. The van der Waals surface area contributed by atoms with Crippen molar-refractivity contribution >= 4 is 17.8 Å². The van der Waals surface area contributed by atoms with Crippen LogP contribution in [0.2, 0.25) is 0 Å². The Morgan fingerprint density at radius 2 is 1.93 bits per heavy atom. The smallest absolute Gasteiger partial charge is 0.428 e. The summed E-state index contributed by atoms with van der Waals surface area (Å²) >= 11 is 0. The summed E-state index contributed by atoms with van der Waals surface area (Å²) in [5.74, 6) is -0.998. The fourth-order valence-corrected chi connectivity index (χ4v) is 0.700. The van der Waals surface area contributed by atoms with E-state index >= 15 is 0 Å². The zero-order valence-corrected chi connectivity index (χ0v) is 9.33. The fourth-order valence-electron chi connectivity index (χ4n) is 0.700. The monoisotopic (exact) mass is 216 g/mol. The van der Waals surface area contributed by atoms with E-state index in [0.29, 0.717) is 5.71 Å². The van der Waals surface area contributed by atoms with E-state index in [1.165, 1.54) is 6.92 Å². The quantitative estimate of drug-likeness (QED) is 0.550. The fraction of sp³-hybridized carbons (Fsp3) is 0.667. The molecule has 2 N–H and O–H groups in total. The van der Waals surface area contributed by atoms with Crippen molar-refractivity contribution in [2.24, 2.45) is 5.10 Å². The van der Waals surface area contributed by atoms with Crippen LogP contribution in [0.5, 0.6) is 0 Å². The molecule has 0 aliphatic rings. The van der Waals surface area contributed by atoms with Gasteiger partial charge in [-0.1, -0.05) is 0 Å². The molecule has 0 radical (unpaired) electrons. The molecule has 0 fully saturated rings. The summed E-state index contributed by atoms with van der Waals surface area (Å²) in [5, 5.41) is 12.0. The second kappa shape index (κ2) is 5.33. The summed E-state index contributed by atoms with van der Waals surface area (Å²) < 4.78 is 4.89. The van der Waals surface area contributed by atoms with Crippen LogP contribution in [-0.4, -0.2) is 28.5 Å². The Morgan fingerprint density at radius 3 is 2.33 bits per heavy atom. The van der Waals surface area contributed by atoms with Crippen LogP contribution >= 0.6 is 0 Å². The second-order valence-corrected chi connectivity index (χ2v) is 4.03. The topological polar surface area (TPSA) is 88.0 Å². The number of hydrazone groups is 1. The number of nitrogens with one attached hydrogen (secondary N) is 1. The number of carboxylic acid groups (broad SMARTS) is 1. The maximum absolute atomic E-state index is 11.1. The summed E-state index contributed by atoms with van der Waals surface area (Å²) in [6.45, 7) is 6.67. The molecule has 6 nitrogen and oxygen atoms in total. The average Bonchev–Trinajstić information content (AvgIpc) is 1.96. The number of aliphatic carboxylic acids is 1. The lowest BCUT2D eigenvalue weighted by atomic mass is 10.2. The Labute approximate surface area is 88.3 Å². The molecule has 0 aliphatic heterocycles. The minimum atomic E-state index is -0.998. The van der Waals surface area contributed by atoms with Crippen molar-refractivity contribution in [1.82, 2.24) is 5.43 Å². The van der Waals surface area contributed by atoms with E-state index in [2.05, 4.69) is 10.5 Å². The van der Waals surface area contributed by atoms with E-state index in [4.69, 9.17) is 9.84 Å². The molecule has 0 aliphatic carbocycles. The highest BCUT2D eigenvalue weighted by Gasteiger charge is 2.15. The number of amides is 1. The van der Waals surface area contributed by atoms with Gasteiger partial charge in [0.1, 0.15) is 5.60 Å². The van der Waals surface area contributed by atoms with Crippen LogP contribution in [0.3, 0.4) is 0 Å². The van der Waals surface area contributed by atoms with Crippen LogP contribution in [0.25, 0.3) is 0 Å². The first kappa shape index (κ1) is 13.4. The van der Waals surface area contributed by atoms with Crippen molar-refractivity contribution < 1.29 is 19.4 Å². The molecule has 1 amide bonds. The molecule has 0 saturated carbocycles. The number of ether oxygens (including phenoxy) is 1. The van der Waals surface area contributed by atoms with Crippen LogP contribution in [0, 0.1) is 0 Å². The minimum Gasteiger partial charge on any atom is -0.481 e. The van der Waals surface area contributed by atoms with Crippen LogP contribution in [0.4, 0.5) is 4.79 Å². The number of rotatable bonds is 3. The van der Waals surface area contributed by atoms with Gasteiger partial charge in [0.2, 0.25) is 0 Å². The summed E-state index contributed by atoms with van der Waals surface area (Å²) in [6.07, 6.45) is -0.914. The zero-order valence-electron chi connectivity index (χ0n) is 9.33. The van der Waals surface area contributed by atoms with Crippen molar-refractivity contribution in [1.29, 1.82) is 0 Å². The van der Waals surface area contributed by atoms with Gasteiger partial charge in [0.25, 0.3) is 0 Å². The third-order valence-electron chi connectivity index (χ3n) is 1.14. The second-order valence-electron chi connectivity index (χ2n) is 4.03. The molecule has 0 aromatic carbocycles. The van der Waals surface area contributed by atoms with E-state index < -0.39 is 17.7 Å². The largest absolute Gasteiger partial charge is 0.481 e. The molecule has 0 atom stereocenters. The Balaban J connectivity index is 4.04. The number of hydrogen-bond acceptors (Lipinski definition) is 4. The van der Waals surface area contributed by atoms with Crippen LogP contribution in [0.1, 0.15) is 34.1 Å². The summed E-state index contributed by atoms with van der Waals surface area (Å²) in [4.78, 5) is 21.3. The molecule has 6 heteroatoms. The first-order valence-corrected chi connectivity index (χ1v) is 4.44. The highest BCUT2D eigenvalue weighted by molar-refractivity contribution is 5.97. The van der Waals surface area contributed by atoms with Crippen molar-refractivity contribution in [2.45, 2.75) is 39.7 Å². The maximum Gasteiger partial charge on any atom is 0.428 e. The highest BCUT2D eigenvalue weighted by Crippen LogP contribution is 2.06. The molecule has 0 heterocycles. The number of carbonyl (C=O) groups excluding carboxylic acids is 1. The van der Waals surface area contributed by atoms with Gasteiger partial charge in [-0.25, -0.2) is 10.2 Å². The van der Waals surface area contributed by atoms with E-state index in [-0.39, 0.29) is 6.42 Å². The molecule has 0 aromatic rings. The number of carbonyl (C=O) groups is 2. The van der Waals surface area contributed by atoms with Crippen LogP contribution in [0.15, 0.2) is 5.10 Å². The van der Waals surface area contributed by atoms with Gasteiger partial charge < -0.3 is 9.84 Å². The van der Waals surface area contributed by atoms with Crippen molar-refractivity contribution in [3.63, 3.8) is 0 Å². The molecule has 0 aromatic heterocycles. The van der Waals surface area contributed by atoms with Crippen molar-refractivity contribution in [2.75, 3.05) is 0 Å². The normalized spacial score (nSPS) is 12.1. The van der Waals surface area contributed by atoms with Crippen molar-refractivity contribution in [3.8, 4) is 0 Å². The van der Waals surface area contributed by atoms with E-state index in [1.807, 2.05) is 0 Å². The molecule has 0 bridgehead atoms. The first-order valence-electron chi connectivity index (χ1n) is 4.44. The first-order chi connectivity index (χ1) is 6.70. The summed E-state index contributed by atoms with van der Waals surface area (Å²) in [6, 6.07) is 0. The molecule has 86 valence electrons. The van der Waals surface area contributed by atoms with Crippen LogP contribution < -0.4 is 5.43 Å². The standard InChI is InChI=1S/C9H16N2O4/c1-6(5-7(12)13)10-11-8(14)15-9(2,3)4/h5H2,1-4H3,(H,11,14)(H,12,13). The van der Waals surface area contributed by atoms with Gasteiger partial charge in [-0.15, -0.1) is 0 Å². The van der Waals surface area contributed by atoms with Crippen molar-refractivity contribution in [3.05, 3.63) is 0 Å². The summed E-state index contributed by atoms with van der Waals surface area (Å²) in [7, 11) is 0. The molecule has 0 saturated heterocycles. The van der Waals surface area contributed by atoms with Gasteiger partial charge in [0.05, 0.1) is 6.42 Å². The SMILES string of the molecule is CC(CC(=O)O)=NNC(=O)OC(C)(C)C. The molecular formula is C9H16N2O4. The van der Waals surface area contributed by atoms with Gasteiger partial charge in [-0.3, -0.25) is 4.79 Å². The van der Waals surface area contributed by atoms with Gasteiger partial charge in [-0.05, 0) is 27.7 Å². The molecule has 0 unspecified atom stereocenters. The zero-order chi connectivity index (χ0) is 12.1. The van der Waals surface area contributed by atoms with Gasteiger partial charge in [-0.2, -0.15) is 5.10 Å². The number of nitrogens with zero attached hydrogens (tertiary/aromatic N) is 1.